The van der Waals surface area contributed by atoms with Gasteiger partial charge in [0, 0.05) is 13.1 Å². The van der Waals surface area contributed by atoms with E-state index in [9.17, 15) is 13.5 Å². The largest absolute Gasteiger partial charge is 0.392 e. The summed E-state index contributed by atoms with van der Waals surface area (Å²) in [5.41, 5.74) is 3.02. The first kappa shape index (κ1) is 16.9. The molecule has 0 atom stereocenters. The van der Waals surface area contributed by atoms with Gasteiger partial charge in [-0.25, -0.2) is 8.42 Å². The molecule has 20 heavy (non-hydrogen) atoms. The Morgan fingerprint density at radius 1 is 1.30 bits per heavy atom. The van der Waals surface area contributed by atoms with Crippen LogP contribution in [0.1, 0.15) is 30.5 Å². The summed E-state index contributed by atoms with van der Waals surface area (Å²) in [6.45, 7) is 11.5. The number of aryl methyl sites for hydroxylation is 2. The van der Waals surface area contributed by atoms with Crippen molar-refractivity contribution in [3.05, 3.63) is 41.0 Å². The third-order valence-electron chi connectivity index (χ3n) is 3.22. The van der Waals surface area contributed by atoms with Crippen LogP contribution >= 0.6 is 0 Å². The summed E-state index contributed by atoms with van der Waals surface area (Å²) in [6, 6.07) is 3.37. The number of rotatable bonds is 6. The molecule has 4 nitrogen and oxygen atoms in total. The summed E-state index contributed by atoms with van der Waals surface area (Å²) < 4.78 is 26.8. The average molecular weight is 297 g/mol. The molecule has 0 aromatic heterocycles. The Balaban J connectivity index is 3.37. The van der Waals surface area contributed by atoms with Gasteiger partial charge in [-0.3, -0.25) is 0 Å². The average Bonchev–Trinajstić information content (AvgIpc) is 2.35. The Morgan fingerprint density at radius 2 is 1.90 bits per heavy atom. The highest BCUT2D eigenvalue weighted by Gasteiger charge is 2.25. The van der Waals surface area contributed by atoms with Crippen LogP contribution in [0.15, 0.2) is 29.2 Å². The van der Waals surface area contributed by atoms with E-state index in [-0.39, 0.29) is 11.5 Å². The zero-order valence-corrected chi connectivity index (χ0v) is 13.4. The van der Waals surface area contributed by atoms with Crippen LogP contribution in [0, 0.1) is 13.8 Å². The molecular formula is C15H23NO3S. The van der Waals surface area contributed by atoms with Crippen molar-refractivity contribution < 1.29 is 13.5 Å². The number of hydrogen-bond acceptors (Lipinski definition) is 3. The minimum absolute atomic E-state index is 0.165. The van der Waals surface area contributed by atoms with Crippen LogP contribution in [0.3, 0.4) is 0 Å². The number of aliphatic hydroxyl groups is 1. The molecule has 0 spiro atoms. The number of hydrogen-bond donors (Lipinski definition) is 1. The van der Waals surface area contributed by atoms with Crippen molar-refractivity contribution in [2.45, 2.75) is 39.2 Å². The van der Waals surface area contributed by atoms with E-state index >= 15 is 0 Å². The molecule has 1 N–H and O–H groups in total. The van der Waals surface area contributed by atoms with Crippen molar-refractivity contribution in [2.75, 3.05) is 13.1 Å². The van der Waals surface area contributed by atoms with E-state index in [2.05, 4.69) is 6.58 Å². The number of benzene rings is 1. The van der Waals surface area contributed by atoms with Crippen molar-refractivity contribution in [3.8, 4) is 0 Å². The predicted molar refractivity (Wildman–Crippen MR) is 81.1 cm³/mol. The maximum atomic E-state index is 12.7. The molecule has 0 bridgehead atoms. The second kappa shape index (κ2) is 6.52. The van der Waals surface area contributed by atoms with E-state index in [1.54, 1.807) is 32.9 Å². The first-order valence-electron chi connectivity index (χ1n) is 6.59. The standard InChI is InChI=1S/C15H23NO3S/c1-6-16(9-11(2)3)20(18,19)15-8-14(10-17)12(4)7-13(15)5/h7-8,17H,2,6,9-10H2,1,3-5H3. The van der Waals surface area contributed by atoms with Crippen molar-refractivity contribution >= 4 is 10.0 Å². The fraction of sp³-hybridized carbons (Fsp3) is 0.467. The van der Waals surface area contributed by atoms with Gasteiger partial charge in [0.1, 0.15) is 0 Å². The summed E-state index contributed by atoms with van der Waals surface area (Å²) >= 11 is 0. The maximum absolute atomic E-state index is 12.7. The Bertz CT molecular complexity index is 606. The summed E-state index contributed by atoms with van der Waals surface area (Å²) in [4.78, 5) is 0.259. The molecule has 1 rings (SSSR count). The van der Waals surface area contributed by atoms with Gasteiger partial charge in [0.15, 0.2) is 0 Å². The van der Waals surface area contributed by atoms with Crippen molar-refractivity contribution in [1.29, 1.82) is 0 Å². The summed E-state index contributed by atoms with van der Waals surface area (Å²) in [5.74, 6) is 0. The van der Waals surface area contributed by atoms with E-state index in [0.717, 1.165) is 11.1 Å². The molecule has 5 heteroatoms. The van der Waals surface area contributed by atoms with Crippen LogP contribution in [0.5, 0.6) is 0 Å². The zero-order valence-electron chi connectivity index (χ0n) is 12.6. The van der Waals surface area contributed by atoms with Crippen LogP contribution in [0.4, 0.5) is 0 Å². The molecule has 0 saturated carbocycles. The normalized spacial score (nSPS) is 11.9. The number of sulfonamides is 1. The maximum Gasteiger partial charge on any atom is 0.243 e. The van der Waals surface area contributed by atoms with Gasteiger partial charge >= 0.3 is 0 Å². The van der Waals surface area contributed by atoms with Gasteiger partial charge in [-0.1, -0.05) is 25.1 Å². The van der Waals surface area contributed by atoms with Gasteiger partial charge in [0.2, 0.25) is 10.0 Å². The van der Waals surface area contributed by atoms with E-state index in [1.807, 2.05) is 6.92 Å². The number of likely N-dealkylation sites (N-methyl/N-ethyl adjacent to an activating group) is 1. The Kier molecular flexibility index (Phi) is 5.50. The quantitative estimate of drug-likeness (QED) is 0.820. The molecule has 0 amide bonds. The first-order valence-corrected chi connectivity index (χ1v) is 8.03. The molecule has 0 unspecified atom stereocenters. The first-order chi connectivity index (χ1) is 9.23. The zero-order chi connectivity index (χ0) is 15.5. The van der Waals surface area contributed by atoms with Crippen molar-refractivity contribution in [1.82, 2.24) is 4.31 Å². The molecule has 0 aliphatic heterocycles. The molecule has 1 aromatic rings. The van der Waals surface area contributed by atoms with E-state index < -0.39 is 10.0 Å². The highest BCUT2D eigenvalue weighted by molar-refractivity contribution is 7.89. The molecule has 0 aliphatic carbocycles. The second-order valence-electron chi connectivity index (χ2n) is 5.09. The van der Waals surface area contributed by atoms with Crippen LogP contribution in [-0.4, -0.2) is 30.9 Å². The topological polar surface area (TPSA) is 57.6 Å². The van der Waals surface area contributed by atoms with Crippen molar-refractivity contribution in [3.63, 3.8) is 0 Å². The third-order valence-corrected chi connectivity index (χ3v) is 5.28. The lowest BCUT2D eigenvalue weighted by Crippen LogP contribution is -2.32. The predicted octanol–water partition coefficient (Wildman–Crippen LogP) is 2.38. The number of nitrogens with zero attached hydrogens (tertiary/aromatic N) is 1. The molecule has 0 heterocycles. The monoisotopic (exact) mass is 297 g/mol. The summed E-state index contributed by atoms with van der Waals surface area (Å²) in [6.07, 6.45) is 0. The second-order valence-corrected chi connectivity index (χ2v) is 7.00. The van der Waals surface area contributed by atoms with Gasteiger partial charge in [-0.2, -0.15) is 4.31 Å². The Labute approximate surface area is 121 Å². The highest BCUT2D eigenvalue weighted by Crippen LogP contribution is 2.24. The van der Waals surface area contributed by atoms with Gasteiger partial charge in [-0.05, 0) is 43.5 Å². The van der Waals surface area contributed by atoms with Crippen LogP contribution in [-0.2, 0) is 16.6 Å². The minimum Gasteiger partial charge on any atom is -0.392 e. The van der Waals surface area contributed by atoms with Crippen LogP contribution in [0.2, 0.25) is 0 Å². The smallest absolute Gasteiger partial charge is 0.243 e. The van der Waals surface area contributed by atoms with Crippen LogP contribution in [0.25, 0.3) is 0 Å². The van der Waals surface area contributed by atoms with E-state index in [0.29, 0.717) is 24.2 Å². The third kappa shape index (κ3) is 3.48. The fourth-order valence-corrected chi connectivity index (χ4v) is 3.90. The van der Waals surface area contributed by atoms with Gasteiger partial charge in [0.25, 0.3) is 0 Å². The lowest BCUT2D eigenvalue weighted by molar-refractivity contribution is 0.280. The van der Waals surface area contributed by atoms with Gasteiger partial charge in [0.05, 0.1) is 11.5 Å². The Morgan fingerprint density at radius 3 is 2.35 bits per heavy atom. The molecule has 1 aromatic carbocycles. The highest BCUT2D eigenvalue weighted by atomic mass is 32.2. The molecule has 0 fully saturated rings. The summed E-state index contributed by atoms with van der Waals surface area (Å²) in [5, 5.41) is 9.32. The fourth-order valence-electron chi connectivity index (χ4n) is 2.13. The van der Waals surface area contributed by atoms with Gasteiger partial charge < -0.3 is 5.11 Å². The van der Waals surface area contributed by atoms with Crippen LogP contribution < -0.4 is 0 Å². The summed E-state index contributed by atoms with van der Waals surface area (Å²) in [7, 11) is -3.56. The van der Waals surface area contributed by atoms with Crippen molar-refractivity contribution in [2.24, 2.45) is 0 Å². The molecule has 0 saturated heterocycles. The lowest BCUT2D eigenvalue weighted by Gasteiger charge is -2.22. The number of aliphatic hydroxyl groups excluding tert-OH is 1. The van der Waals surface area contributed by atoms with E-state index in [1.165, 1.54) is 4.31 Å². The SMILES string of the molecule is C=C(C)CN(CC)S(=O)(=O)c1cc(CO)c(C)cc1C. The Hall–Kier alpha value is -1.17. The molecule has 0 aliphatic rings. The van der Waals surface area contributed by atoms with E-state index in [4.69, 9.17) is 0 Å². The molecule has 0 radical (unpaired) electrons. The molecular weight excluding hydrogens is 274 g/mol. The minimum atomic E-state index is -3.56. The van der Waals surface area contributed by atoms with Gasteiger partial charge in [-0.15, -0.1) is 0 Å². The molecule has 112 valence electrons. The lowest BCUT2D eigenvalue weighted by atomic mass is 10.1.